The SMILES string of the molecule is O=C(O)[C@H]1CCc2nnc(C(F)F)n2C1. The molecule has 0 amide bonds. The van der Waals surface area contributed by atoms with E-state index in [-0.39, 0.29) is 6.54 Å². The Kier molecular flexibility index (Phi) is 2.37. The van der Waals surface area contributed by atoms with Crippen LogP contribution >= 0.6 is 0 Å². The van der Waals surface area contributed by atoms with Crippen LogP contribution in [0.5, 0.6) is 0 Å². The molecule has 82 valence electrons. The molecule has 0 bridgehead atoms. The van der Waals surface area contributed by atoms with E-state index in [0.29, 0.717) is 18.7 Å². The number of carboxylic acid groups (broad SMARTS) is 1. The summed E-state index contributed by atoms with van der Waals surface area (Å²) in [6, 6.07) is 0. The van der Waals surface area contributed by atoms with Crippen molar-refractivity contribution in [2.24, 2.45) is 5.92 Å². The van der Waals surface area contributed by atoms with Gasteiger partial charge in [-0.15, -0.1) is 10.2 Å². The van der Waals surface area contributed by atoms with Crippen molar-refractivity contribution < 1.29 is 18.7 Å². The maximum absolute atomic E-state index is 12.4. The lowest BCUT2D eigenvalue weighted by Crippen LogP contribution is -2.27. The van der Waals surface area contributed by atoms with Gasteiger partial charge in [0.25, 0.3) is 6.43 Å². The van der Waals surface area contributed by atoms with Crippen LogP contribution in [0, 0.1) is 5.92 Å². The van der Waals surface area contributed by atoms with Gasteiger partial charge in [-0.2, -0.15) is 0 Å². The highest BCUT2D eigenvalue weighted by Crippen LogP contribution is 2.24. The molecule has 0 aromatic carbocycles. The maximum Gasteiger partial charge on any atom is 0.308 e. The summed E-state index contributed by atoms with van der Waals surface area (Å²) in [5.74, 6) is -1.57. The number of halogens is 2. The summed E-state index contributed by atoms with van der Waals surface area (Å²) in [5.41, 5.74) is 0. The van der Waals surface area contributed by atoms with Crippen molar-refractivity contribution in [1.82, 2.24) is 14.8 Å². The fourth-order valence-electron chi connectivity index (χ4n) is 1.71. The van der Waals surface area contributed by atoms with Crippen molar-refractivity contribution in [3.63, 3.8) is 0 Å². The lowest BCUT2D eigenvalue weighted by molar-refractivity contribution is -0.142. The third-order valence-corrected chi connectivity index (χ3v) is 2.52. The number of carboxylic acids is 1. The highest BCUT2D eigenvalue weighted by atomic mass is 19.3. The predicted molar refractivity (Wildman–Crippen MR) is 44.4 cm³/mol. The quantitative estimate of drug-likeness (QED) is 0.797. The minimum Gasteiger partial charge on any atom is -0.481 e. The standard InChI is InChI=1S/C8H9F2N3O2/c9-6(10)7-12-11-5-2-1-4(8(14)15)3-13(5)7/h4,6H,1-3H2,(H,14,15)/t4-/m0/s1. The summed E-state index contributed by atoms with van der Waals surface area (Å²) in [7, 11) is 0. The van der Waals surface area contributed by atoms with Crippen molar-refractivity contribution in [3.8, 4) is 0 Å². The highest BCUT2D eigenvalue weighted by molar-refractivity contribution is 5.70. The number of rotatable bonds is 2. The number of nitrogens with zero attached hydrogens (tertiary/aromatic N) is 3. The van der Waals surface area contributed by atoms with Crippen LogP contribution in [-0.2, 0) is 17.8 Å². The van der Waals surface area contributed by atoms with E-state index >= 15 is 0 Å². The molecule has 1 aromatic rings. The van der Waals surface area contributed by atoms with Crippen molar-refractivity contribution in [2.45, 2.75) is 25.8 Å². The fraction of sp³-hybridized carbons (Fsp3) is 0.625. The van der Waals surface area contributed by atoms with Gasteiger partial charge in [0, 0.05) is 13.0 Å². The number of aryl methyl sites for hydroxylation is 1. The average Bonchev–Trinajstić information content (AvgIpc) is 2.59. The predicted octanol–water partition coefficient (Wildman–Crippen LogP) is 0.863. The van der Waals surface area contributed by atoms with E-state index < -0.39 is 24.1 Å². The monoisotopic (exact) mass is 217 g/mol. The second kappa shape index (κ2) is 3.56. The first-order valence-corrected chi connectivity index (χ1v) is 4.52. The number of aromatic nitrogens is 3. The van der Waals surface area contributed by atoms with E-state index in [1.54, 1.807) is 0 Å². The first-order chi connectivity index (χ1) is 7.09. The molecule has 2 rings (SSSR count). The minimum atomic E-state index is -2.71. The Balaban J connectivity index is 2.30. The molecule has 5 nitrogen and oxygen atoms in total. The average molecular weight is 217 g/mol. The number of hydrogen-bond acceptors (Lipinski definition) is 3. The minimum absolute atomic E-state index is 0.0390. The molecule has 15 heavy (non-hydrogen) atoms. The Hall–Kier alpha value is -1.53. The topological polar surface area (TPSA) is 68.0 Å². The Bertz CT molecular complexity index is 391. The van der Waals surface area contributed by atoms with Crippen LogP contribution in [0.3, 0.4) is 0 Å². The molecule has 0 spiro atoms. The molecule has 0 saturated heterocycles. The van der Waals surface area contributed by atoms with Crippen LogP contribution in [0.4, 0.5) is 8.78 Å². The molecule has 1 aliphatic rings. The van der Waals surface area contributed by atoms with Crippen LogP contribution < -0.4 is 0 Å². The van der Waals surface area contributed by atoms with Gasteiger partial charge in [-0.25, -0.2) is 8.78 Å². The van der Waals surface area contributed by atoms with Gasteiger partial charge < -0.3 is 9.67 Å². The zero-order chi connectivity index (χ0) is 11.0. The molecular formula is C8H9F2N3O2. The van der Waals surface area contributed by atoms with Crippen LogP contribution in [0.25, 0.3) is 0 Å². The molecule has 2 heterocycles. The smallest absolute Gasteiger partial charge is 0.308 e. The van der Waals surface area contributed by atoms with Gasteiger partial charge >= 0.3 is 5.97 Å². The largest absolute Gasteiger partial charge is 0.481 e. The number of fused-ring (bicyclic) bond motifs is 1. The normalized spacial score (nSPS) is 20.3. The Morgan fingerprint density at radius 1 is 1.53 bits per heavy atom. The molecule has 0 radical (unpaired) electrons. The summed E-state index contributed by atoms with van der Waals surface area (Å²) in [4.78, 5) is 10.7. The van der Waals surface area contributed by atoms with E-state index in [2.05, 4.69) is 10.2 Å². The van der Waals surface area contributed by atoms with E-state index in [1.165, 1.54) is 4.57 Å². The van der Waals surface area contributed by atoms with Crippen LogP contribution in [0.15, 0.2) is 0 Å². The Morgan fingerprint density at radius 2 is 2.27 bits per heavy atom. The number of alkyl halides is 2. The van der Waals surface area contributed by atoms with Gasteiger partial charge in [0.2, 0.25) is 0 Å². The fourth-order valence-corrected chi connectivity index (χ4v) is 1.71. The number of hydrogen-bond donors (Lipinski definition) is 1. The number of carbonyl (C=O) groups is 1. The van der Waals surface area contributed by atoms with Gasteiger partial charge in [-0.1, -0.05) is 0 Å². The lowest BCUT2D eigenvalue weighted by atomic mass is 10.00. The molecule has 7 heteroatoms. The molecular weight excluding hydrogens is 208 g/mol. The molecule has 1 aliphatic heterocycles. The van der Waals surface area contributed by atoms with Gasteiger partial charge in [0.05, 0.1) is 5.92 Å². The van der Waals surface area contributed by atoms with Gasteiger partial charge in [-0.05, 0) is 6.42 Å². The van der Waals surface area contributed by atoms with Gasteiger partial charge in [0.1, 0.15) is 5.82 Å². The third-order valence-electron chi connectivity index (χ3n) is 2.52. The highest BCUT2D eigenvalue weighted by Gasteiger charge is 2.29. The zero-order valence-corrected chi connectivity index (χ0v) is 7.73. The lowest BCUT2D eigenvalue weighted by Gasteiger charge is -2.20. The molecule has 1 atom stereocenters. The van der Waals surface area contributed by atoms with E-state index in [0.717, 1.165) is 0 Å². The van der Waals surface area contributed by atoms with E-state index in [4.69, 9.17) is 5.11 Å². The molecule has 0 unspecified atom stereocenters. The first-order valence-electron chi connectivity index (χ1n) is 4.52. The molecule has 0 aliphatic carbocycles. The summed E-state index contributed by atoms with van der Waals surface area (Å²) in [6.45, 7) is 0.0390. The second-order valence-corrected chi connectivity index (χ2v) is 3.46. The third kappa shape index (κ3) is 1.69. The zero-order valence-electron chi connectivity index (χ0n) is 7.73. The van der Waals surface area contributed by atoms with Gasteiger partial charge in [0.15, 0.2) is 5.82 Å². The van der Waals surface area contributed by atoms with E-state index in [1.807, 2.05) is 0 Å². The molecule has 1 N–H and O–H groups in total. The Labute approximate surface area is 83.7 Å². The van der Waals surface area contributed by atoms with Crippen LogP contribution in [-0.4, -0.2) is 25.8 Å². The van der Waals surface area contributed by atoms with Crippen molar-refractivity contribution in [3.05, 3.63) is 11.6 Å². The molecule has 1 aromatic heterocycles. The number of aliphatic carboxylic acids is 1. The van der Waals surface area contributed by atoms with E-state index in [9.17, 15) is 13.6 Å². The maximum atomic E-state index is 12.4. The summed E-state index contributed by atoms with van der Waals surface area (Å²) < 4.78 is 26.1. The van der Waals surface area contributed by atoms with Crippen LogP contribution in [0.1, 0.15) is 24.5 Å². The van der Waals surface area contributed by atoms with Crippen molar-refractivity contribution in [2.75, 3.05) is 0 Å². The summed E-state index contributed by atoms with van der Waals surface area (Å²) in [5, 5.41) is 15.8. The summed E-state index contributed by atoms with van der Waals surface area (Å²) in [6.07, 6.45) is -1.90. The molecule has 0 saturated carbocycles. The van der Waals surface area contributed by atoms with Crippen molar-refractivity contribution in [1.29, 1.82) is 0 Å². The first kappa shape index (κ1) is 10.0. The van der Waals surface area contributed by atoms with Crippen LogP contribution in [0.2, 0.25) is 0 Å². The Morgan fingerprint density at radius 3 is 2.87 bits per heavy atom. The van der Waals surface area contributed by atoms with Crippen molar-refractivity contribution >= 4 is 5.97 Å². The van der Waals surface area contributed by atoms with Gasteiger partial charge in [-0.3, -0.25) is 4.79 Å². The second-order valence-electron chi connectivity index (χ2n) is 3.46. The summed E-state index contributed by atoms with van der Waals surface area (Å²) >= 11 is 0. The molecule has 0 fully saturated rings.